The number of hydrogen-bond acceptors (Lipinski definition) is 4. The van der Waals surface area contributed by atoms with Crippen molar-refractivity contribution in [2.24, 2.45) is 0 Å². The predicted octanol–water partition coefficient (Wildman–Crippen LogP) is 8.64. The van der Waals surface area contributed by atoms with Gasteiger partial charge in [-0.3, -0.25) is 0 Å². The largest absolute Gasteiger partial charge is 0.455 e. The van der Waals surface area contributed by atoms with Crippen molar-refractivity contribution in [2.75, 3.05) is 0 Å². The van der Waals surface area contributed by atoms with Crippen molar-refractivity contribution in [1.29, 1.82) is 0 Å². The summed E-state index contributed by atoms with van der Waals surface area (Å²) in [5.41, 5.74) is 7.79. The first-order valence-corrected chi connectivity index (χ1v) is 11.8. The van der Waals surface area contributed by atoms with Crippen LogP contribution < -0.4 is 0 Å². The van der Waals surface area contributed by atoms with Gasteiger partial charge < -0.3 is 8.83 Å². The van der Waals surface area contributed by atoms with Crippen LogP contribution in [0.5, 0.6) is 0 Å². The van der Waals surface area contributed by atoms with Crippen molar-refractivity contribution in [2.45, 2.75) is 0 Å². The molecule has 0 amide bonds. The molecule has 0 bridgehead atoms. The molecule has 0 aliphatic rings. The summed E-state index contributed by atoms with van der Waals surface area (Å²) in [7, 11) is 0. The van der Waals surface area contributed by atoms with Crippen LogP contribution >= 0.6 is 0 Å². The monoisotopic (exact) mass is 464 g/mol. The second-order valence-corrected chi connectivity index (χ2v) is 8.69. The molecule has 170 valence electrons. The summed E-state index contributed by atoms with van der Waals surface area (Å²) in [6.07, 6.45) is 0. The standard InChI is InChI=1S/C32H20N2O2/c1-3-10-21(11-4-1)25-16-8-18-27-28-19-9-17-26(30(28)35-29(25)27)23-14-7-15-24(20-23)32-34-33-31(36-32)22-12-5-2-6-13-22/h1-20H. The van der Waals surface area contributed by atoms with E-state index in [-0.39, 0.29) is 0 Å². The molecule has 0 aliphatic carbocycles. The van der Waals surface area contributed by atoms with Crippen LogP contribution in [0.1, 0.15) is 0 Å². The van der Waals surface area contributed by atoms with Gasteiger partial charge in [-0.15, -0.1) is 10.2 Å². The van der Waals surface area contributed by atoms with Crippen LogP contribution in [0.4, 0.5) is 0 Å². The topological polar surface area (TPSA) is 52.1 Å². The van der Waals surface area contributed by atoms with E-state index in [1.165, 1.54) is 0 Å². The van der Waals surface area contributed by atoms with E-state index in [0.29, 0.717) is 11.8 Å². The summed E-state index contributed by atoms with van der Waals surface area (Å²) in [6.45, 7) is 0. The molecular weight excluding hydrogens is 444 g/mol. The zero-order chi connectivity index (χ0) is 23.9. The van der Waals surface area contributed by atoms with Gasteiger partial charge in [0.2, 0.25) is 11.8 Å². The molecule has 5 aromatic carbocycles. The minimum Gasteiger partial charge on any atom is -0.455 e. The average Bonchev–Trinajstić information content (AvgIpc) is 3.60. The summed E-state index contributed by atoms with van der Waals surface area (Å²) >= 11 is 0. The first-order valence-electron chi connectivity index (χ1n) is 11.8. The Kier molecular flexibility index (Phi) is 4.74. The Morgan fingerprint density at radius 2 is 0.889 bits per heavy atom. The van der Waals surface area contributed by atoms with Crippen molar-refractivity contribution < 1.29 is 8.83 Å². The van der Waals surface area contributed by atoms with Crippen LogP contribution in [0, 0.1) is 0 Å². The fourth-order valence-electron chi connectivity index (χ4n) is 4.75. The Morgan fingerprint density at radius 1 is 0.389 bits per heavy atom. The maximum atomic E-state index is 6.58. The van der Waals surface area contributed by atoms with Crippen molar-refractivity contribution in [1.82, 2.24) is 10.2 Å². The third kappa shape index (κ3) is 3.39. The third-order valence-electron chi connectivity index (χ3n) is 6.48. The Morgan fingerprint density at radius 3 is 1.56 bits per heavy atom. The normalized spacial score (nSPS) is 11.3. The number of aromatic nitrogens is 2. The van der Waals surface area contributed by atoms with Gasteiger partial charge in [-0.05, 0) is 35.4 Å². The van der Waals surface area contributed by atoms with E-state index in [4.69, 9.17) is 8.83 Å². The summed E-state index contributed by atoms with van der Waals surface area (Å²) in [6, 6.07) is 40.9. The SMILES string of the molecule is c1ccc(-c2nnc(-c3cccc(-c4cccc5c4oc4c(-c6ccccc6)cccc45)c3)o2)cc1. The van der Waals surface area contributed by atoms with Gasteiger partial charge in [0, 0.05) is 33.0 Å². The average molecular weight is 465 g/mol. The zero-order valence-corrected chi connectivity index (χ0v) is 19.3. The van der Waals surface area contributed by atoms with Crippen LogP contribution in [0.2, 0.25) is 0 Å². The molecule has 2 heterocycles. The van der Waals surface area contributed by atoms with Crippen LogP contribution in [-0.4, -0.2) is 10.2 Å². The van der Waals surface area contributed by atoms with Crippen molar-refractivity contribution in [3.63, 3.8) is 0 Å². The van der Waals surface area contributed by atoms with Gasteiger partial charge in [-0.2, -0.15) is 0 Å². The fraction of sp³-hybridized carbons (Fsp3) is 0. The molecule has 2 aromatic heterocycles. The highest BCUT2D eigenvalue weighted by Gasteiger charge is 2.17. The molecule has 4 heteroatoms. The number of hydrogen-bond donors (Lipinski definition) is 0. The molecule has 36 heavy (non-hydrogen) atoms. The highest BCUT2D eigenvalue weighted by Crippen LogP contribution is 2.40. The van der Waals surface area contributed by atoms with Crippen LogP contribution in [-0.2, 0) is 0 Å². The summed E-state index contributed by atoms with van der Waals surface area (Å²) in [5, 5.41) is 10.7. The maximum Gasteiger partial charge on any atom is 0.248 e. The van der Waals surface area contributed by atoms with E-state index in [1.807, 2.05) is 48.5 Å². The van der Waals surface area contributed by atoms with Crippen LogP contribution in [0.3, 0.4) is 0 Å². The number of furan rings is 1. The number of para-hydroxylation sites is 2. The molecule has 0 spiro atoms. The first-order chi connectivity index (χ1) is 17.8. The summed E-state index contributed by atoms with van der Waals surface area (Å²) < 4.78 is 12.6. The maximum absolute atomic E-state index is 6.58. The van der Waals surface area contributed by atoms with E-state index in [9.17, 15) is 0 Å². The second-order valence-electron chi connectivity index (χ2n) is 8.69. The predicted molar refractivity (Wildman–Crippen MR) is 143 cm³/mol. The van der Waals surface area contributed by atoms with E-state index < -0.39 is 0 Å². The molecule has 7 rings (SSSR count). The van der Waals surface area contributed by atoms with Crippen molar-refractivity contribution >= 4 is 21.9 Å². The molecule has 0 fully saturated rings. The molecule has 0 N–H and O–H groups in total. The molecule has 7 aromatic rings. The minimum atomic E-state index is 0.485. The molecule has 0 saturated carbocycles. The fourth-order valence-corrected chi connectivity index (χ4v) is 4.75. The first kappa shape index (κ1) is 20.4. The van der Waals surface area contributed by atoms with Crippen molar-refractivity contribution in [3.8, 4) is 45.2 Å². The van der Waals surface area contributed by atoms with Crippen LogP contribution in [0.15, 0.2) is 130 Å². The lowest BCUT2D eigenvalue weighted by Crippen LogP contribution is -1.82. The highest BCUT2D eigenvalue weighted by molar-refractivity contribution is 6.13. The number of rotatable bonds is 4. The van der Waals surface area contributed by atoms with Gasteiger partial charge in [0.1, 0.15) is 11.2 Å². The Balaban J connectivity index is 1.35. The lowest BCUT2D eigenvalue weighted by Gasteiger charge is -2.04. The number of benzene rings is 5. The molecule has 4 nitrogen and oxygen atoms in total. The molecule has 0 radical (unpaired) electrons. The third-order valence-corrected chi connectivity index (χ3v) is 6.48. The quantitative estimate of drug-likeness (QED) is 0.262. The Hall–Kier alpha value is -4.96. The van der Waals surface area contributed by atoms with Crippen LogP contribution in [0.25, 0.3) is 67.1 Å². The molecule has 0 atom stereocenters. The Bertz CT molecular complexity index is 1830. The van der Waals surface area contributed by atoms with E-state index >= 15 is 0 Å². The molecular formula is C32H20N2O2. The molecule has 0 aliphatic heterocycles. The van der Waals surface area contributed by atoms with Gasteiger partial charge in [0.15, 0.2) is 0 Å². The number of nitrogens with zero attached hydrogens (tertiary/aromatic N) is 2. The van der Waals surface area contributed by atoms with E-state index in [0.717, 1.165) is 55.3 Å². The van der Waals surface area contributed by atoms with E-state index in [1.54, 1.807) is 0 Å². The second kappa shape index (κ2) is 8.36. The summed E-state index contributed by atoms with van der Waals surface area (Å²) in [4.78, 5) is 0. The Labute approximate surface area is 207 Å². The number of fused-ring (bicyclic) bond motifs is 3. The van der Waals surface area contributed by atoms with Gasteiger partial charge in [0.25, 0.3) is 0 Å². The summed E-state index contributed by atoms with van der Waals surface area (Å²) in [5.74, 6) is 0.989. The highest BCUT2D eigenvalue weighted by atomic mass is 16.4. The smallest absolute Gasteiger partial charge is 0.248 e. The van der Waals surface area contributed by atoms with Gasteiger partial charge >= 0.3 is 0 Å². The minimum absolute atomic E-state index is 0.485. The molecule has 0 saturated heterocycles. The van der Waals surface area contributed by atoms with Crippen molar-refractivity contribution in [3.05, 3.63) is 121 Å². The van der Waals surface area contributed by atoms with Gasteiger partial charge in [-0.1, -0.05) is 97.1 Å². The van der Waals surface area contributed by atoms with Gasteiger partial charge in [0.05, 0.1) is 0 Å². The zero-order valence-electron chi connectivity index (χ0n) is 19.3. The molecule has 0 unspecified atom stereocenters. The lowest BCUT2D eigenvalue weighted by molar-refractivity contribution is 0.584. The lowest BCUT2D eigenvalue weighted by atomic mass is 9.99. The van der Waals surface area contributed by atoms with E-state index in [2.05, 4.69) is 83.0 Å². The van der Waals surface area contributed by atoms with Gasteiger partial charge in [-0.25, -0.2) is 0 Å².